The first-order chi connectivity index (χ1) is 7.11. The van der Waals surface area contributed by atoms with Gasteiger partial charge >= 0.3 is 0 Å². The number of aliphatic hydroxyl groups excluding tert-OH is 1. The lowest BCUT2D eigenvalue weighted by atomic mass is 10.0. The van der Waals surface area contributed by atoms with Crippen LogP contribution in [0.25, 0.3) is 0 Å². The molecule has 1 aromatic rings. The average molecular weight is 278 g/mol. The van der Waals surface area contributed by atoms with E-state index in [2.05, 4.69) is 15.9 Å². The maximum absolute atomic E-state index is 13.5. The van der Waals surface area contributed by atoms with Crippen LogP contribution in [-0.2, 0) is 0 Å². The Kier molecular flexibility index (Phi) is 4.50. The van der Waals surface area contributed by atoms with Crippen LogP contribution >= 0.6 is 15.9 Å². The van der Waals surface area contributed by atoms with E-state index in [9.17, 15) is 4.39 Å². The van der Waals surface area contributed by atoms with Gasteiger partial charge in [-0.1, -0.05) is 0 Å². The topological polar surface area (TPSA) is 55.5 Å². The maximum Gasteiger partial charge on any atom is 0.140 e. The molecule has 0 aliphatic heterocycles. The second-order valence-electron chi connectivity index (χ2n) is 3.09. The molecule has 0 fully saturated rings. The van der Waals surface area contributed by atoms with Gasteiger partial charge in [0.25, 0.3) is 0 Å². The fourth-order valence-corrected chi connectivity index (χ4v) is 1.89. The Morgan fingerprint density at radius 2 is 2.27 bits per heavy atom. The lowest BCUT2D eigenvalue weighted by molar-refractivity contribution is 0.273. The van der Waals surface area contributed by atoms with Gasteiger partial charge in [0.15, 0.2) is 0 Å². The Hall–Kier alpha value is -0.650. The summed E-state index contributed by atoms with van der Waals surface area (Å²) in [5.74, 6) is -0.0352. The van der Waals surface area contributed by atoms with E-state index in [4.69, 9.17) is 15.6 Å². The Labute approximate surface area is 96.2 Å². The highest BCUT2D eigenvalue weighted by Crippen LogP contribution is 2.35. The fourth-order valence-electron chi connectivity index (χ4n) is 1.39. The van der Waals surface area contributed by atoms with E-state index in [1.165, 1.54) is 13.2 Å². The molecule has 0 bridgehead atoms. The predicted octanol–water partition coefficient (Wildman–Crippen LogP) is 1.98. The van der Waals surface area contributed by atoms with Gasteiger partial charge in [-0.25, -0.2) is 4.39 Å². The zero-order chi connectivity index (χ0) is 11.4. The van der Waals surface area contributed by atoms with Crippen LogP contribution < -0.4 is 10.5 Å². The van der Waals surface area contributed by atoms with Gasteiger partial charge in [-0.3, -0.25) is 0 Å². The van der Waals surface area contributed by atoms with Crippen LogP contribution in [-0.4, -0.2) is 18.8 Å². The van der Waals surface area contributed by atoms with Crippen molar-refractivity contribution in [2.24, 2.45) is 5.73 Å². The maximum atomic E-state index is 13.5. The normalized spacial score (nSPS) is 12.6. The minimum Gasteiger partial charge on any atom is -0.495 e. The molecule has 3 N–H and O–H groups in total. The van der Waals surface area contributed by atoms with Crippen molar-refractivity contribution in [2.45, 2.75) is 12.5 Å². The molecule has 1 unspecified atom stereocenters. The van der Waals surface area contributed by atoms with Gasteiger partial charge in [-0.05, 0) is 34.5 Å². The molecule has 0 radical (unpaired) electrons. The molecule has 0 amide bonds. The number of rotatable bonds is 4. The second kappa shape index (κ2) is 5.44. The van der Waals surface area contributed by atoms with Crippen molar-refractivity contribution < 1.29 is 14.2 Å². The third-order valence-corrected chi connectivity index (χ3v) is 2.73. The van der Waals surface area contributed by atoms with Crippen LogP contribution in [0, 0.1) is 5.82 Å². The number of hydrogen-bond acceptors (Lipinski definition) is 3. The van der Waals surface area contributed by atoms with Gasteiger partial charge in [0, 0.05) is 18.2 Å². The van der Waals surface area contributed by atoms with E-state index < -0.39 is 11.9 Å². The summed E-state index contributed by atoms with van der Waals surface area (Å²) < 4.78 is 19.3. The monoisotopic (exact) mass is 277 g/mol. The third kappa shape index (κ3) is 2.68. The number of methoxy groups -OCH3 is 1. The molecule has 1 aromatic carbocycles. The van der Waals surface area contributed by atoms with Crippen LogP contribution in [0.1, 0.15) is 18.0 Å². The number of hydrogen-bond donors (Lipinski definition) is 2. The van der Waals surface area contributed by atoms with Gasteiger partial charge in [0.2, 0.25) is 0 Å². The first-order valence-electron chi connectivity index (χ1n) is 4.50. The SMILES string of the molecule is COc1c(Br)ccc(F)c1C(N)CCO. The van der Waals surface area contributed by atoms with Crippen LogP contribution in [0.15, 0.2) is 16.6 Å². The molecule has 5 heteroatoms. The summed E-state index contributed by atoms with van der Waals surface area (Å²) in [7, 11) is 1.45. The molecule has 3 nitrogen and oxygen atoms in total. The molecule has 0 saturated heterocycles. The highest BCUT2D eigenvalue weighted by molar-refractivity contribution is 9.10. The zero-order valence-corrected chi connectivity index (χ0v) is 9.92. The fraction of sp³-hybridized carbons (Fsp3) is 0.400. The highest BCUT2D eigenvalue weighted by Gasteiger charge is 2.18. The minimum absolute atomic E-state index is 0.0870. The van der Waals surface area contributed by atoms with E-state index >= 15 is 0 Å². The van der Waals surface area contributed by atoms with Crippen molar-refractivity contribution in [1.82, 2.24) is 0 Å². The molecule has 15 heavy (non-hydrogen) atoms. The number of benzene rings is 1. The molecule has 0 aromatic heterocycles. The summed E-state index contributed by atoms with van der Waals surface area (Å²) in [4.78, 5) is 0. The van der Waals surface area contributed by atoms with Crippen LogP contribution in [0.2, 0.25) is 0 Å². The summed E-state index contributed by atoms with van der Waals surface area (Å²) in [6.07, 6.45) is 0.295. The van der Waals surface area contributed by atoms with E-state index in [0.29, 0.717) is 22.2 Å². The number of ether oxygens (including phenoxy) is 1. The second-order valence-corrected chi connectivity index (χ2v) is 3.95. The quantitative estimate of drug-likeness (QED) is 0.885. The molecule has 84 valence electrons. The molecule has 0 aliphatic carbocycles. The predicted molar refractivity (Wildman–Crippen MR) is 59.3 cm³/mol. The van der Waals surface area contributed by atoms with Gasteiger partial charge < -0.3 is 15.6 Å². The minimum atomic E-state index is -0.567. The Morgan fingerprint density at radius 1 is 1.60 bits per heavy atom. The molecular weight excluding hydrogens is 265 g/mol. The van der Waals surface area contributed by atoms with Gasteiger partial charge in [0.05, 0.1) is 11.6 Å². The molecule has 0 saturated carbocycles. The Balaban J connectivity index is 3.18. The summed E-state index contributed by atoms with van der Waals surface area (Å²) in [5, 5.41) is 8.77. The van der Waals surface area contributed by atoms with Gasteiger partial charge in [-0.15, -0.1) is 0 Å². The number of nitrogens with two attached hydrogens (primary N) is 1. The lowest BCUT2D eigenvalue weighted by Crippen LogP contribution is -2.15. The zero-order valence-electron chi connectivity index (χ0n) is 8.34. The van der Waals surface area contributed by atoms with Crippen molar-refractivity contribution in [3.05, 3.63) is 28.0 Å². The van der Waals surface area contributed by atoms with Gasteiger partial charge in [-0.2, -0.15) is 0 Å². The lowest BCUT2D eigenvalue weighted by Gasteiger charge is -2.16. The Bertz CT molecular complexity index is 346. The Morgan fingerprint density at radius 3 is 2.80 bits per heavy atom. The van der Waals surface area contributed by atoms with Crippen molar-refractivity contribution in [1.29, 1.82) is 0 Å². The van der Waals surface area contributed by atoms with Crippen molar-refractivity contribution in [3.63, 3.8) is 0 Å². The van der Waals surface area contributed by atoms with E-state index in [1.54, 1.807) is 6.07 Å². The molecular formula is C10H13BrFNO2. The van der Waals surface area contributed by atoms with Crippen LogP contribution in [0.3, 0.4) is 0 Å². The van der Waals surface area contributed by atoms with Crippen molar-refractivity contribution in [2.75, 3.05) is 13.7 Å². The molecule has 0 aliphatic rings. The first kappa shape index (κ1) is 12.4. The number of aliphatic hydroxyl groups is 1. The summed E-state index contributed by atoms with van der Waals surface area (Å²) in [6, 6.07) is 2.31. The van der Waals surface area contributed by atoms with Crippen molar-refractivity contribution >= 4 is 15.9 Å². The molecule has 1 rings (SSSR count). The molecule has 0 heterocycles. The highest BCUT2D eigenvalue weighted by atomic mass is 79.9. The first-order valence-corrected chi connectivity index (χ1v) is 5.29. The summed E-state index contributed by atoms with van der Waals surface area (Å²) >= 11 is 3.25. The van der Waals surface area contributed by atoms with Crippen molar-refractivity contribution in [3.8, 4) is 5.75 Å². The standard InChI is InChI=1S/C10H13BrFNO2/c1-15-10-6(11)2-3-7(12)9(10)8(13)4-5-14/h2-3,8,14H,4-5,13H2,1H3. The van der Waals surface area contributed by atoms with E-state index in [0.717, 1.165) is 0 Å². The average Bonchev–Trinajstić information content (AvgIpc) is 2.21. The largest absolute Gasteiger partial charge is 0.495 e. The third-order valence-electron chi connectivity index (χ3n) is 2.11. The van der Waals surface area contributed by atoms with E-state index in [-0.39, 0.29) is 6.61 Å². The summed E-state index contributed by atoms with van der Waals surface area (Å²) in [6.45, 7) is -0.0870. The van der Waals surface area contributed by atoms with E-state index in [1.807, 2.05) is 0 Å². The molecule has 0 spiro atoms. The molecule has 1 atom stereocenters. The number of halogens is 2. The summed E-state index contributed by atoms with van der Waals surface area (Å²) in [5.41, 5.74) is 6.04. The van der Waals surface area contributed by atoms with Gasteiger partial charge in [0.1, 0.15) is 11.6 Å². The smallest absolute Gasteiger partial charge is 0.140 e. The van der Waals surface area contributed by atoms with Crippen LogP contribution in [0.4, 0.5) is 4.39 Å². The van der Waals surface area contributed by atoms with Crippen LogP contribution in [0.5, 0.6) is 5.75 Å².